The summed E-state index contributed by atoms with van der Waals surface area (Å²) in [6.07, 6.45) is 0. The molecule has 0 aliphatic heterocycles. The Hall–Kier alpha value is -3.75. The maximum atomic E-state index is 12.8. The molecule has 0 heterocycles. The van der Waals surface area contributed by atoms with Crippen LogP contribution in [0.2, 0.25) is 0 Å². The van der Waals surface area contributed by atoms with Crippen LogP contribution in [0, 0.1) is 5.82 Å². The van der Waals surface area contributed by atoms with E-state index in [0.29, 0.717) is 17.8 Å². The molecule has 9 heteroatoms. The van der Waals surface area contributed by atoms with E-state index in [1.165, 1.54) is 18.2 Å². The zero-order valence-corrected chi connectivity index (χ0v) is 15.7. The molecule has 0 saturated carbocycles. The molecule has 0 saturated heterocycles. The molecule has 8 nitrogen and oxygen atoms in total. The van der Waals surface area contributed by atoms with Gasteiger partial charge in [0.15, 0.2) is 6.61 Å². The molecule has 2 rings (SSSR count). The van der Waals surface area contributed by atoms with E-state index in [4.69, 9.17) is 4.74 Å². The number of carbonyl (C=O) groups excluding carboxylic acids is 4. The van der Waals surface area contributed by atoms with Crippen LogP contribution >= 0.6 is 0 Å². The Morgan fingerprint density at radius 3 is 2.31 bits per heavy atom. The highest BCUT2D eigenvalue weighted by Crippen LogP contribution is 2.10. The number of halogens is 1. The summed E-state index contributed by atoms with van der Waals surface area (Å²) >= 11 is 0. The predicted octanol–water partition coefficient (Wildman–Crippen LogP) is 1.49. The standard InChI is InChI=1S/C20H20FN3O5/c1-2-22-20(28)14-4-3-5-16(10-14)24-17(25)12-29-18(26)11-23-19(27)13-6-8-15(21)9-7-13/h3-10H,2,11-12H2,1H3,(H,22,28)(H,23,27)(H,24,25). The van der Waals surface area contributed by atoms with Gasteiger partial charge in [0.2, 0.25) is 0 Å². The summed E-state index contributed by atoms with van der Waals surface area (Å²) in [4.78, 5) is 47.2. The van der Waals surface area contributed by atoms with Crippen LogP contribution in [-0.2, 0) is 14.3 Å². The molecule has 0 atom stereocenters. The Kier molecular flexibility index (Phi) is 7.84. The first-order chi connectivity index (χ1) is 13.9. The van der Waals surface area contributed by atoms with E-state index in [0.717, 1.165) is 12.1 Å². The van der Waals surface area contributed by atoms with Gasteiger partial charge in [-0.05, 0) is 49.4 Å². The first-order valence-corrected chi connectivity index (χ1v) is 8.76. The smallest absolute Gasteiger partial charge is 0.325 e. The second kappa shape index (κ2) is 10.5. The largest absolute Gasteiger partial charge is 0.454 e. The highest BCUT2D eigenvalue weighted by Gasteiger charge is 2.12. The Morgan fingerprint density at radius 1 is 0.931 bits per heavy atom. The van der Waals surface area contributed by atoms with Crippen molar-refractivity contribution in [2.45, 2.75) is 6.92 Å². The summed E-state index contributed by atoms with van der Waals surface area (Å²) in [6, 6.07) is 11.1. The van der Waals surface area contributed by atoms with Crippen molar-refractivity contribution in [1.82, 2.24) is 10.6 Å². The lowest BCUT2D eigenvalue weighted by atomic mass is 10.2. The van der Waals surface area contributed by atoms with Crippen molar-refractivity contribution in [1.29, 1.82) is 0 Å². The fourth-order valence-electron chi connectivity index (χ4n) is 2.25. The molecule has 29 heavy (non-hydrogen) atoms. The number of benzene rings is 2. The Morgan fingerprint density at radius 2 is 1.62 bits per heavy atom. The van der Waals surface area contributed by atoms with Crippen LogP contribution < -0.4 is 16.0 Å². The van der Waals surface area contributed by atoms with Crippen LogP contribution in [0.5, 0.6) is 0 Å². The van der Waals surface area contributed by atoms with Gasteiger partial charge in [-0.2, -0.15) is 0 Å². The van der Waals surface area contributed by atoms with E-state index >= 15 is 0 Å². The Balaban J connectivity index is 1.76. The fourth-order valence-corrected chi connectivity index (χ4v) is 2.25. The molecular formula is C20H20FN3O5. The lowest BCUT2D eigenvalue weighted by Gasteiger charge is -2.09. The number of hydrogen-bond donors (Lipinski definition) is 3. The van der Waals surface area contributed by atoms with Gasteiger partial charge in [-0.3, -0.25) is 19.2 Å². The third-order valence-corrected chi connectivity index (χ3v) is 3.61. The number of carbonyl (C=O) groups is 4. The topological polar surface area (TPSA) is 114 Å². The maximum absolute atomic E-state index is 12.8. The molecule has 0 aliphatic rings. The van der Waals surface area contributed by atoms with Crippen LogP contribution in [0.1, 0.15) is 27.6 Å². The number of anilines is 1. The first-order valence-electron chi connectivity index (χ1n) is 8.76. The fraction of sp³-hybridized carbons (Fsp3) is 0.200. The molecule has 3 N–H and O–H groups in total. The first kappa shape index (κ1) is 21.5. The molecule has 0 aliphatic carbocycles. The summed E-state index contributed by atoms with van der Waals surface area (Å²) in [5.74, 6) is -2.74. The van der Waals surface area contributed by atoms with Crippen molar-refractivity contribution < 1.29 is 28.3 Å². The maximum Gasteiger partial charge on any atom is 0.325 e. The van der Waals surface area contributed by atoms with Crippen LogP contribution in [0.25, 0.3) is 0 Å². The zero-order valence-electron chi connectivity index (χ0n) is 15.7. The average Bonchev–Trinajstić information content (AvgIpc) is 2.71. The predicted molar refractivity (Wildman–Crippen MR) is 103 cm³/mol. The molecular weight excluding hydrogens is 381 g/mol. The lowest BCUT2D eigenvalue weighted by molar-refractivity contribution is -0.146. The van der Waals surface area contributed by atoms with Crippen molar-refractivity contribution >= 4 is 29.4 Å². The number of hydrogen-bond acceptors (Lipinski definition) is 5. The average molecular weight is 401 g/mol. The minimum atomic E-state index is -0.813. The van der Waals surface area contributed by atoms with E-state index in [9.17, 15) is 23.6 Å². The van der Waals surface area contributed by atoms with Crippen LogP contribution in [0.3, 0.4) is 0 Å². The van der Waals surface area contributed by atoms with Crippen LogP contribution in [-0.4, -0.2) is 43.4 Å². The van der Waals surface area contributed by atoms with Gasteiger partial charge in [-0.1, -0.05) is 6.07 Å². The molecule has 2 aromatic rings. The molecule has 152 valence electrons. The number of ether oxygens (including phenoxy) is 1. The molecule has 0 unspecified atom stereocenters. The monoisotopic (exact) mass is 401 g/mol. The molecule has 0 spiro atoms. The molecule has 3 amide bonds. The Labute approximate surface area is 166 Å². The molecule has 0 fully saturated rings. The third-order valence-electron chi connectivity index (χ3n) is 3.61. The summed E-state index contributed by atoms with van der Waals surface area (Å²) in [6.45, 7) is 1.26. The minimum Gasteiger partial charge on any atom is -0.454 e. The summed E-state index contributed by atoms with van der Waals surface area (Å²) in [5, 5.41) is 7.47. The lowest BCUT2D eigenvalue weighted by Crippen LogP contribution is -2.32. The second-order valence-electron chi connectivity index (χ2n) is 5.84. The summed E-state index contributed by atoms with van der Waals surface area (Å²) < 4.78 is 17.6. The van der Waals surface area contributed by atoms with Crippen LogP contribution in [0.4, 0.5) is 10.1 Å². The number of rotatable bonds is 8. The normalized spacial score (nSPS) is 10.0. The molecule has 0 bridgehead atoms. The van der Waals surface area contributed by atoms with Crippen molar-refractivity contribution in [3.8, 4) is 0 Å². The van der Waals surface area contributed by atoms with Gasteiger partial charge >= 0.3 is 5.97 Å². The van der Waals surface area contributed by atoms with Gasteiger partial charge in [0.25, 0.3) is 17.7 Å². The molecule has 0 radical (unpaired) electrons. The van der Waals surface area contributed by atoms with E-state index in [1.54, 1.807) is 25.1 Å². The van der Waals surface area contributed by atoms with E-state index in [-0.39, 0.29) is 11.5 Å². The van der Waals surface area contributed by atoms with Crippen LogP contribution in [0.15, 0.2) is 48.5 Å². The van der Waals surface area contributed by atoms with Crippen molar-refractivity contribution in [3.63, 3.8) is 0 Å². The summed E-state index contributed by atoms with van der Waals surface area (Å²) in [7, 11) is 0. The van der Waals surface area contributed by atoms with Crippen molar-refractivity contribution in [3.05, 3.63) is 65.5 Å². The van der Waals surface area contributed by atoms with Gasteiger partial charge in [0.05, 0.1) is 0 Å². The second-order valence-corrected chi connectivity index (χ2v) is 5.84. The van der Waals surface area contributed by atoms with Gasteiger partial charge in [-0.25, -0.2) is 4.39 Å². The highest BCUT2D eigenvalue weighted by atomic mass is 19.1. The highest BCUT2D eigenvalue weighted by molar-refractivity contribution is 5.98. The minimum absolute atomic E-state index is 0.184. The summed E-state index contributed by atoms with van der Waals surface area (Å²) in [5.41, 5.74) is 0.938. The zero-order chi connectivity index (χ0) is 21.2. The van der Waals surface area contributed by atoms with Crippen molar-refractivity contribution in [2.24, 2.45) is 0 Å². The van der Waals surface area contributed by atoms with Gasteiger partial charge in [0, 0.05) is 23.4 Å². The quantitative estimate of drug-likeness (QED) is 0.580. The van der Waals surface area contributed by atoms with Gasteiger partial charge in [-0.15, -0.1) is 0 Å². The third kappa shape index (κ3) is 7.06. The number of esters is 1. The molecule has 0 aromatic heterocycles. The van der Waals surface area contributed by atoms with Crippen molar-refractivity contribution in [2.75, 3.05) is 25.0 Å². The number of nitrogens with one attached hydrogen (secondary N) is 3. The van der Waals surface area contributed by atoms with Gasteiger partial charge in [0.1, 0.15) is 12.4 Å². The van der Waals surface area contributed by atoms with E-state index in [2.05, 4.69) is 16.0 Å². The SMILES string of the molecule is CCNC(=O)c1cccc(NC(=O)COC(=O)CNC(=O)c2ccc(F)cc2)c1. The van der Waals surface area contributed by atoms with E-state index in [1.807, 2.05) is 0 Å². The Bertz CT molecular complexity index is 899. The van der Waals surface area contributed by atoms with E-state index < -0.39 is 36.8 Å². The van der Waals surface area contributed by atoms with Gasteiger partial charge < -0.3 is 20.7 Å². The molecule has 2 aromatic carbocycles. The number of amides is 3.